The van der Waals surface area contributed by atoms with Gasteiger partial charge in [-0.25, -0.2) is 4.85 Å². The Labute approximate surface area is 144 Å². The highest BCUT2D eigenvalue weighted by Gasteiger charge is 2.41. The standard InChI is InChI=1S/C17H12F6N2O/c1-9-7-11-13(5-4-12(24-2)15(11)17(21,22)23)25(9)8-10-3-6-14(26-10)16(18,19)20/h3-6,9H,7-8H2,1H3. The van der Waals surface area contributed by atoms with Crippen molar-refractivity contribution in [3.05, 3.63) is 58.3 Å². The molecule has 1 aromatic heterocycles. The first-order chi connectivity index (χ1) is 12.0. The van der Waals surface area contributed by atoms with Crippen LogP contribution in [0.15, 0.2) is 28.7 Å². The SMILES string of the molecule is [C-]#[N+]c1ccc2c(c1C(F)(F)F)CC(C)N2Cc1ccc(C(F)(F)F)o1. The van der Waals surface area contributed by atoms with E-state index in [1.165, 1.54) is 6.07 Å². The molecule has 138 valence electrons. The second-order valence-corrected chi connectivity index (χ2v) is 6.01. The molecule has 9 heteroatoms. The topological polar surface area (TPSA) is 20.7 Å². The first-order valence-corrected chi connectivity index (χ1v) is 7.55. The Bertz CT molecular complexity index is 875. The molecule has 0 saturated heterocycles. The predicted molar refractivity (Wildman–Crippen MR) is 80.8 cm³/mol. The van der Waals surface area contributed by atoms with Crippen molar-refractivity contribution in [3.8, 4) is 0 Å². The van der Waals surface area contributed by atoms with Gasteiger partial charge in [0.2, 0.25) is 5.76 Å². The quantitative estimate of drug-likeness (QED) is 0.488. The van der Waals surface area contributed by atoms with Gasteiger partial charge in [-0.3, -0.25) is 0 Å². The van der Waals surface area contributed by atoms with Gasteiger partial charge in [-0.2, -0.15) is 26.3 Å². The van der Waals surface area contributed by atoms with E-state index in [-0.39, 0.29) is 36.0 Å². The molecule has 0 amide bonds. The predicted octanol–water partition coefficient (Wildman–Crippen LogP) is 5.82. The van der Waals surface area contributed by atoms with E-state index in [4.69, 9.17) is 11.0 Å². The molecule has 2 aromatic rings. The second-order valence-electron chi connectivity index (χ2n) is 6.01. The molecule has 1 atom stereocenters. The zero-order chi connectivity index (χ0) is 19.3. The molecule has 0 aliphatic carbocycles. The number of anilines is 1. The highest BCUT2D eigenvalue weighted by atomic mass is 19.4. The van der Waals surface area contributed by atoms with Crippen LogP contribution < -0.4 is 4.90 Å². The van der Waals surface area contributed by atoms with Crippen LogP contribution >= 0.6 is 0 Å². The summed E-state index contributed by atoms with van der Waals surface area (Å²) in [5.74, 6) is -1.15. The zero-order valence-electron chi connectivity index (χ0n) is 13.4. The first-order valence-electron chi connectivity index (χ1n) is 7.55. The number of hydrogen-bond acceptors (Lipinski definition) is 2. The largest absolute Gasteiger partial charge is 0.455 e. The number of rotatable bonds is 2. The summed E-state index contributed by atoms with van der Waals surface area (Å²) in [4.78, 5) is 4.50. The molecular weight excluding hydrogens is 362 g/mol. The molecule has 1 aromatic carbocycles. The zero-order valence-corrected chi connectivity index (χ0v) is 13.4. The Morgan fingerprint density at radius 1 is 1.12 bits per heavy atom. The van der Waals surface area contributed by atoms with Crippen LogP contribution in [-0.2, 0) is 25.3 Å². The normalized spacial score (nSPS) is 17.3. The fraction of sp³-hybridized carbons (Fsp3) is 0.353. The molecule has 0 spiro atoms. The van der Waals surface area contributed by atoms with Gasteiger partial charge in [0.1, 0.15) is 5.76 Å². The number of hydrogen-bond donors (Lipinski definition) is 0. The Hall–Kier alpha value is -2.63. The van der Waals surface area contributed by atoms with E-state index in [9.17, 15) is 26.3 Å². The number of benzene rings is 1. The third kappa shape index (κ3) is 3.11. The molecule has 0 bridgehead atoms. The lowest BCUT2D eigenvalue weighted by molar-refractivity contribution is -0.153. The second kappa shape index (κ2) is 5.97. The smallest absolute Gasteiger partial charge is 0.449 e. The van der Waals surface area contributed by atoms with E-state index < -0.39 is 29.4 Å². The molecule has 1 aliphatic heterocycles. The molecule has 3 rings (SSSR count). The van der Waals surface area contributed by atoms with Crippen LogP contribution in [-0.4, -0.2) is 6.04 Å². The minimum Gasteiger partial charge on any atom is -0.455 e. The van der Waals surface area contributed by atoms with E-state index in [1.807, 2.05) is 0 Å². The van der Waals surface area contributed by atoms with Gasteiger partial charge in [0.15, 0.2) is 5.69 Å². The number of fused-ring (bicyclic) bond motifs is 1. The number of nitrogens with zero attached hydrogens (tertiary/aromatic N) is 2. The number of alkyl halides is 6. The summed E-state index contributed by atoms with van der Waals surface area (Å²) < 4.78 is 82.9. The molecule has 0 N–H and O–H groups in total. The molecule has 3 nitrogen and oxygen atoms in total. The van der Waals surface area contributed by atoms with E-state index in [0.717, 1.165) is 18.2 Å². The molecule has 0 fully saturated rings. The van der Waals surface area contributed by atoms with E-state index in [1.54, 1.807) is 11.8 Å². The van der Waals surface area contributed by atoms with E-state index >= 15 is 0 Å². The van der Waals surface area contributed by atoms with Crippen LogP contribution in [0.5, 0.6) is 0 Å². The van der Waals surface area contributed by atoms with Gasteiger partial charge < -0.3 is 9.32 Å². The van der Waals surface area contributed by atoms with Gasteiger partial charge in [-0.15, -0.1) is 0 Å². The number of furan rings is 1. The van der Waals surface area contributed by atoms with Crippen molar-refractivity contribution in [3.63, 3.8) is 0 Å². The fourth-order valence-corrected chi connectivity index (χ4v) is 3.18. The highest BCUT2D eigenvalue weighted by molar-refractivity contribution is 5.71. The monoisotopic (exact) mass is 374 g/mol. The minimum absolute atomic E-state index is 0.000149. The summed E-state index contributed by atoms with van der Waals surface area (Å²) in [6, 6.07) is 4.05. The maximum atomic E-state index is 13.4. The van der Waals surface area contributed by atoms with Crippen molar-refractivity contribution in [2.24, 2.45) is 0 Å². The van der Waals surface area contributed by atoms with Crippen molar-refractivity contribution in [2.75, 3.05) is 4.90 Å². The molecule has 2 heterocycles. The lowest BCUT2D eigenvalue weighted by Crippen LogP contribution is -2.28. The summed E-state index contributed by atoms with van der Waals surface area (Å²) in [5, 5.41) is 0. The van der Waals surface area contributed by atoms with Crippen LogP contribution in [0.1, 0.15) is 29.6 Å². The fourth-order valence-electron chi connectivity index (χ4n) is 3.18. The summed E-state index contributed by atoms with van der Waals surface area (Å²) in [6.07, 6.45) is -9.27. The van der Waals surface area contributed by atoms with Crippen molar-refractivity contribution in [1.29, 1.82) is 0 Å². The van der Waals surface area contributed by atoms with Crippen LogP contribution in [0.25, 0.3) is 4.85 Å². The molecule has 26 heavy (non-hydrogen) atoms. The van der Waals surface area contributed by atoms with Gasteiger partial charge in [0, 0.05) is 11.7 Å². The summed E-state index contributed by atoms with van der Waals surface area (Å²) in [5.41, 5.74) is -1.22. The molecule has 0 saturated carbocycles. The van der Waals surface area contributed by atoms with Crippen LogP contribution in [0.4, 0.5) is 37.7 Å². The van der Waals surface area contributed by atoms with Gasteiger partial charge >= 0.3 is 12.4 Å². The van der Waals surface area contributed by atoms with Gasteiger partial charge in [0.25, 0.3) is 0 Å². The van der Waals surface area contributed by atoms with Crippen molar-refractivity contribution < 1.29 is 30.8 Å². The maximum Gasteiger partial charge on any atom is 0.449 e. The Morgan fingerprint density at radius 2 is 1.81 bits per heavy atom. The molecule has 0 radical (unpaired) electrons. The molecular formula is C17H12F6N2O. The maximum absolute atomic E-state index is 13.4. The lowest BCUT2D eigenvalue weighted by atomic mass is 10.0. The van der Waals surface area contributed by atoms with E-state index in [0.29, 0.717) is 0 Å². The molecule has 1 unspecified atom stereocenters. The highest BCUT2D eigenvalue weighted by Crippen LogP contribution is 2.46. The Balaban J connectivity index is 1.99. The van der Waals surface area contributed by atoms with Crippen LogP contribution in [0.3, 0.4) is 0 Å². The summed E-state index contributed by atoms with van der Waals surface area (Å²) in [7, 11) is 0. The van der Waals surface area contributed by atoms with Gasteiger partial charge in [-0.05, 0) is 37.1 Å². The van der Waals surface area contributed by atoms with Gasteiger partial charge in [-0.1, -0.05) is 6.07 Å². The van der Waals surface area contributed by atoms with Crippen molar-refractivity contribution in [2.45, 2.75) is 38.3 Å². The molecule has 1 aliphatic rings. The average molecular weight is 374 g/mol. The third-order valence-electron chi connectivity index (χ3n) is 4.28. The number of halogens is 6. The van der Waals surface area contributed by atoms with E-state index in [2.05, 4.69) is 4.85 Å². The Kier molecular flexibility index (Phi) is 4.17. The van der Waals surface area contributed by atoms with Gasteiger partial charge in [0.05, 0.1) is 18.7 Å². The van der Waals surface area contributed by atoms with Crippen LogP contribution in [0, 0.1) is 6.57 Å². The third-order valence-corrected chi connectivity index (χ3v) is 4.28. The lowest BCUT2D eigenvalue weighted by Gasteiger charge is -2.24. The van der Waals surface area contributed by atoms with Crippen molar-refractivity contribution in [1.82, 2.24) is 0 Å². The Morgan fingerprint density at radius 3 is 2.35 bits per heavy atom. The first kappa shape index (κ1) is 18.2. The summed E-state index contributed by atoms with van der Waals surface area (Å²) >= 11 is 0. The van der Waals surface area contributed by atoms with Crippen LogP contribution in [0.2, 0.25) is 0 Å². The van der Waals surface area contributed by atoms with Crippen molar-refractivity contribution >= 4 is 11.4 Å². The average Bonchev–Trinajstić information content (AvgIpc) is 3.10. The summed E-state index contributed by atoms with van der Waals surface area (Å²) in [6.45, 7) is 8.53. The minimum atomic E-state index is -4.69.